The minimum atomic E-state index is -0.220. The lowest BCUT2D eigenvalue weighted by Gasteiger charge is -2.13. The average molecular weight is 287 g/mol. The van der Waals surface area contributed by atoms with Crippen LogP contribution in [0.1, 0.15) is 42.9 Å². The van der Waals surface area contributed by atoms with Gasteiger partial charge >= 0.3 is 0 Å². The second kappa shape index (κ2) is 7.16. The Hall–Kier alpha value is -1.97. The number of hydrogen-bond donors (Lipinski definition) is 1. The van der Waals surface area contributed by atoms with E-state index in [4.69, 9.17) is 0 Å². The first kappa shape index (κ1) is 15.4. The van der Waals surface area contributed by atoms with Crippen LogP contribution in [-0.4, -0.2) is 16.5 Å². The molecule has 1 aromatic carbocycles. The largest absolute Gasteiger partial charge is 0.370 e. The lowest BCUT2D eigenvalue weighted by Crippen LogP contribution is -2.11. The third-order valence-electron chi connectivity index (χ3n) is 3.43. The molecule has 0 amide bonds. The molecule has 0 aliphatic heterocycles. The van der Waals surface area contributed by atoms with Gasteiger partial charge in [0.25, 0.3) is 0 Å². The van der Waals surface area contributed by atoms with Crippen LogP contribution >= 0.6 is 0 Å². The van der Waals surface area contributed by atoms with Crippen LogP contribution in [0.15, 0.2) is 24.3 Å². The van der Waals surface area contributed by atoms with E-state index < -0.39 is 0 Å². The molecule has 0 bridgehead atoms. The van der Waals surface area contributed by atoms with E-state index in [0.717, 1.165) is 42.3 Å². The fourth-order valence-electron chi connectivity index (χ4n) is 2.33. The summed E-state index contributed by atoms with van der Waals surface area (Å²) in [5.74, 6) is 1.49. The van der Waals surface area contributed by atoms with Crippen molar-refractivity contribution in [2.75, 3.05) is 11.9 Å². The van der Waals surface area contributed by atoms with E-state index in [2.05, 4.69) is 29.1 Å². The van der Waals surface area contributed by atoms with Gasteiger partial charge in [-0.25, -0.2) is 14.4 Å². The van der Waals surface area contributed by atoms with Crippen LogP contribution in [0.3, 0.4) is 0 Å². The Morgan fingerprint density at radius 2 is 1.81 bits per heavy atom. The molecule has 112 valence electrons. The molecule has 0 radical (unpaired) electrons. The maximum atomic E-state index is 13.0. The maximum Gasteiger partial charge on any atom is 0.135 e. The van der Waals surface area contributed by atoms with E-state index in [1.807, 2.05) is 6.92 Å². The highest BCUT2D eigenvalue weighted by Gasteiger charge is 2.10. The minimum Gasteiger partial charge on any atom is -0.370 e. The zero-order chi connectivity index (χ0) is 15.2. The van der Waals surface area contributed by atoms with Crippen molar-refractivity contribution < 1.29 is 4.39 Å². The van der Waals surface area contributed by atoms with Crippen molar-refractivity contribution in [2.45, 2.75) is 40.0 Å². The van der Waals surface area contributed by atoms with Crippen molar-refractivity contribution in [2.24, 2.45) is 0 Å². The Bertz CT molecular complexity index is 594. The van der Waals surface area contributed by atoms with Crippen molar-refractivity contribution >= 4 is 5.82 Å². The van der Waals surface area contributed by atoms with Crippen LogP contribution in [0, 0.1) is 12.7 Å². The average Bonchev–Trinajstić information content (AvgIpc) is 2.47. The molecular formula is C17H22FN3. The highest BCUT2D eigenvalue weighted by Crippen LogP contribution is 2.18. The van der Waals surface area contributed by atoms with E-state index in [9.17, 15) is 4.39 Å². The van der Waals surface area contributed by atoms with Gasteiger partial charge < -0.3 is 5.32 Å². The molecule has 0 aliphatic rings. The molecule has 2 rings (SSSR count). The monoisotopic (exact) mass is 287 g/mol. The van der Waals surface area contributed by atoms with Gasteiger partial charge in [-0.2, -0.15) is 0 Å². The van der Waals surface area contributed by atoms with E-state index in [-0.39, 0.29) is 5.82 Å². The zero-order valence-corrected chi connectivity index (χ0v) is 12.9. The van der Waals surface area contributed by atoms with Gasteiger partial charge in [-0.1, -0.05) is 26.0 Å². The molecule has 0 atom stereocenters. The topological polar surface area (TPSA) is 37.8 Å². The van der Waals surface area contributed by atoms with E-state index in [1.54, 1.807) is 12.1 Å². The van der Waals surface area contributed by atoms with Gasteiger partial charge in [0.15, 0.2) is 0 Å². The summed E-state index contributed by atoms with van der Waals surface area (Å²) in [5, 5.41) is 3.38. The van der Waals surface area contributed by atoms with E-state index >= 15 is 0 Å². The Morgan fingerprint density at radius 1 is 1.10 bits per heavy atom. The zero-order valence-electron chi connectivity index (χ0n) is 12.9. The third kappa shape index (κ3) is 4.00. The van der Waals surface area contributed by atoms with Gasteiger partial charge in [0.05, 0.1) is 0 Å². The predicted molar refractivity (Wildman–Crippen MR) is 84.1 cm³/mol. The molecule has 0 unspecified atom stereocenters. The van der Waals surface area contributed by atoms with Crippen LogP contribution < -0.4 is 5.32 Å². The van der Waals surface area contributed by atoms with Crippen LogP contribution in [-0.2, 0) is 12.8 Å². The first-order valence-electron chi connectivity index (χ1n) is 7.48. The molecule has 0 aliphatic carbocycles. The van der Waals surface area contributed by atoms with Crippen molar-refractivity contribution in [1.29, 1.82) is 0 Å². The lowest BCUT2D eigenvalue weighted by molar-refractivity contribution is 0.627. The first-order valence-corrected chi connectivity index (χ1v) is 7.48. The van der Waals surface area contributed by atoms with E-state index in [1.165, 1.54) is 17.7 Å². The molecule has 0 fully saturated rings. The van der Waals surface area contributed by atoms with Crippen LogP contribution in [0.2, 0.25) is 0 Å². The number of hydrogen-bond acceptors (Lipinski definition) is 3. The van der Waals surface area contributed by atoms with Gasteiger partial charge in [0.2, 0.25) is 0 Å². The van der Waals surface area contributed by atoms with Crippen LogP contribution in [0.4, 0.5) is 10.2 Å². The first-order chi connectivity index (χ1) is 10.1. The molecule has 21 heavy (non-hydrogen) atoms. The Balaban J connectivity index is 2.27. The molecule has 0 saturated heterocycles. The number of nitrogens with zero attached hydrogens (tertiary/aromatic N) is 2. The normalized spacial score (nSPS) is 10.7. The molecule has 1 heterocycles. The van der Waals surface area contributed by atoms with Gasteiger partial charge in [-0.05, 0) is 37.5 Å². The van der Waals surface area contributed by atoms with Crippen molar-refractivity contribution in [3.63, 3.8) is 0 Å². The second-order valence-electron chi connectivity index (χ2n) is 5.14. The summed E-state index contributed by atoms with van der Waals surface area (Å²) in [5.41, 5.74) is 3.20. The third-order valence-corrected chi connectivity index (χ3v) is 3.43. The minimum absolute atomic E-state index is 0.220. The summed E-state index contributed by atoms with van der Waals surface area (Å²) in [6.07, 6.45) is 2.58. The number of aryl methyl sites for hydroxylation is 1. The number of nitrogens with one attached hydrogen (secondary N) is 1. The quantitative estimate of drug-likeness (QED) is 0.875. The molecule has 0 spiro atoms. The number of benzene rings is 1. The maximum absolute atomic E-state index is 13.0. The molecule has 0 saturated carbocycles. The number of rotatable bonds is 6. The SMILES string of the molecule is CCCNc1nc(Cc2ccc(F)cc2)nc(C)c1CC. The number of aromatic nitrogens is 2. The summed E-state index contributed by atoms with van der Waals surface area (Å²) in [6.45, 7) is 7.17. The highest BCUT2D eigenvalue weighted by molar-refractivity contribution is 5.46. The molecule has 1 aromatic heterocycles. The van der Waals surface area contributed by atoms with Crippen molar-refractivity contribution in [1.82, 2.24) is 9.97 Å². The molecule has 1 N–H and O–H groups in total. The van der Waals surface area contributed by atoms with Crippen LogP contribution in [0.25, 0.3) is 0 Å². The van der Waals surface area contributed by atoms with E-state index in [0.29, 0.717) is 6.42 Å². The Morgan fingerprint density at radius 3 is 2.43 bits per heavy atom. The summed E-state index contributed by atoms with van der Waals surface area (Å²) >= 11 is 0. The Kier molecular flexibility index (Phi) is 5.26. The Labute approximate surface area is 125 Å². The fourth-order valence-corrected chi connectivity index (χ4v) is 2.33. The van der Waals surface area contributed by atoms with Crippen molar-refractivity contribution in [3.05, 3.63) is 52.7 Å². The summed E-state index contributed by atoms with van der Waals surface area (Å²) in [7, 11) is 0. The highest BCUT2D eigenvalue weighted by atomic mass is 19.1. The summed E-state index contributed by atoms with van der Waals surface area (Å²) in [6, 6.07) is 6.50. The number of anilines is 1. The number of halogens is 1. The molecule has 4 heteroatoms. The molecule has 3 nitrogen and oxygen atoms in total. The summed E-state index contributed by atoms with van der Waals surface area (Å²) in [4.78, 5) is 9.23. The standard InChI is InChI=1S/C17H22FN3/c1-4-10-19-17-15(5-2)12(3)20-16(21-17)11-13-6-8-14(18)9-7-13/h6-9H,4-5,10-11H2,1-3H3,(H,19,20,21). The predicted octanol–water partition coefficient (Wildman–Crippen LogP) is 3.90. The van der Waals surface area contributed by atoms with Crippen LogP contribution in [0.5, 0.6) is 0 Å². The van der Waals surface area contributed by atoms with Crippen molar-refractivity contribution in [3.8, 4) is 0 Å². The van der Waals surface area contributed by atoms with Gasteiger partial charge in [-0.15, -0.1) is 0 Å². The van der Waals surface area contributed by atoms with Gasteiger partial charge in [0.1, 0.15) is 17.5 Å². The summed E-state index contributed by atoms with van der Waals surface area (Å²) < 4.78 is 13.0. The lowest BCUT2D eigenvalue weighted by atomic mass is 10.1. The smallest absolute Gasteiger partial charge is 0.135 e. The van der Waals surface area contributed by atoms with Gasteiger partial charge in [0, 0.05) is 24.2 Å². The second-order valence-corrected chi connectivity index (χ2v) is 5.14. The molecule has 2 aromatic rings. The molecular weight excluding hydrogens is 265 g/mol. The fraction of sp³-hybridized carbons (Fsp3) is 0.412. The van der Waals surface area contributed by atoms with Gasteiger partial charge in [-0.3, -0.25) is 0 Å².